The van der Waals surface area contributed by atoms with Gasteiger partial charge in [0.05, 0.1) is 17.6 Å². The Bertz CT molecular complexity index is 934. The van der Waals surface area contributed by atoms with E-state index in [1.165, 1.54) is 5.56 Å². The van der Waals surface area contributed by atoms with Crippen molar-refractivity contribution in [1.29, 1.82) is 5.26 Å². The Hall–Kier alpha value is -3.46. The molecule has 0 aliphatic carbocycles. The fourth-order valence-corrected chi connectivity index (χ4v) is 3.21. The van der Waals surface area contributed by atoms with E-state index in [-0.39, 0.29) is 0 Å². The first kappa shape index (κ1) is 17.0. The van der Waals surface area contributed by atoms with Crippen molar-refractivity contribution in [3.8, 4) is 17.3 Å². The van der Waals surface area contributed by atoms with Crippen molar-refractivity contribution in [1.82, 2.24) is 15.2 Å². The summed E-state index contributed by atoms with van der Waals surface area (Å²) in [7, 11) is 0. The maximum Gasteiger partial charge on any atom is 0.151 e. The van der Waals surface area contributed by atoms with Gasteiger partial charge in [-0.15, -0.1) is 10.2 Å². The lowest BCUT2D eigenvalue weighted by molar-refractivity contribution is 0.643. The Morgan fingerprint density at radius 3 is 2.19 bits per heavy atom. The molecule has 0 unspecified atom stereocenters. The van der Waals surface area contributed by atoms with Gasteiger partial charge < -0.3 is 9.80 Å². The molecule has 6 heteroatoms. The summed E-state index contributed by atoms with van der Waals surface area (Å²) in [6.45, 7) is 5.59. The monoisotopic (exact) mass is 356 g/mol. The van der Waals surface area contributed by atoms with Crippen LogP contribution in [0.4, 0.5) is 11.5 Å². The summed E-state index contributed by atoms with van der Waals surface area (Å²) in [6, 6.07) is 18.2. The van der Waals surface area contributed by atoms with Crippen LogP contribution >= 0.6 is 0 Å². The molecule has 0 spiro atoms. The maximum absolute atomic E-state index is 8.86. The minimum atomic E-state index is 0.446. The quantitative estimate of drug-likeness (QED) is 0.718. The van der Waals surface area contributed by atoms with E-state index in [4.69, 9.17) is 5.26 Å². The second-order valence-electron chi connectivity index (χ2n) is 6.63. The molecule has 1 aliphatic heterocycles. The lowest BCUT2D eigenvalue weighted by Crippen LogP contribution is -2.46. The molecule has 0 N–H and O–H groups in total. The second kappa shape index (κ2) is 7.42. The number of aryl methyl sites for hydroxylation is 1. The smallest absolute Gasteiger partial charge is 0.151 e. The topological polar surface area (TPSA) is 68.9 Å². The summed E-state index contributed by atoms with van der Waals surface area (Å²) in [4.78, 5) is 8.68. The van der Waals surface area contributed by atoms with Crippen molar-refractivity contribution in [2.45, 2.75) is 6.92 Å². The molecule has 134 valence electrons. The van der Waals surface area contributed by atoms with Gasteiger partial charge in [-0.2, -0.15) is 5.26 Å². The van der Waals surface area contributed by atoms with E-state index in [9.17, 15) is 0 Å². The summed E-state index contributed by atoms with van der Waals surface area (Å²) < 4.78 is 0. The number of nitriles is 1. The lowest BCUT2D eigenvalue weighted by atomic mass is 10.1. The molecule has 1 aromatic carbocycles. The molecular weight excluding hydrogens is 336 g/mol. The lowest BCUT2D eigenvalue weighted by Gasteiger charge is -2.36. The number of hydrogen-bond acceptors (Lipinski definition) is 6. The number of rotatable bonds is 3. The van der Waals surface area contributed by atoms with E-state index < -0.39 is 0 Å². The van der Waals surface area contributed by atoms with Crippen LogP contribution in [0, 0.1) is 18.3 Å². The Kier molecular flexibility index (Phi) is 4.67. The van der Waals surface area contributed by atoms with Crippen molar-refractivity contribution in [2.75, 3.05) is 36.0 Å². The largest absolute Gasteiger partial charge is 0.367 e. The van der Waals surface area contributed by atoms with E-state index in [1.807, 2.05) is 18.2 Å². The van der Waals surface area contributed by atoms with Crippen LogP contribution in [0.1, 0.15) is 11.3 Å². The number of piperazine rings is 1. The highest BCUT2D eigenvalue weighted by atomic mass is 15.3. The van der Waals surface area contributed by atoms with Gasteiger partial charge in [-0.3, -0.25) is 0 Å². The van der Waals surface area contributed by atoms with Gasteiger partial charge in [-0.05, 0) is 31.2 Å². The molecule has 0 saturated carbocycles. The maximum atomic E-state index is 8.86. The second-order valence-corrected chi connectivity index (χ2v) is 6.63. The first-order valence-corrected chi connectivity index (χ1v) is 9.00. The number of anilines is 2. The van der Waals surface area contributed by atoms with Crippen molar-refractivity contribution >= 4 is 11.5 Å². The summed E-state index contributed by atoms with van der Waals surface area (Å²) in [5.74, 6) is 0.906. The summed E-state index contributed by atoms with van der Waals surface area (Å²) in [5, 5.41) is 17.7. The summed E-state index contributed by atoms with van der Waals surface area (Å²) in [6.07, 6.45) is 1.77. The molecule has 2 aromatic heterocycles. The zero-order valence-corrected chi connectivity index (χ0v) is 15.2. The Morgan fingerprint density at radius 1 is 0.852 bits per heavy atom. The van der Waals surface area contributed by atoms with Crippen LogP contribution < -0.4 is 9.80 Å². The molecule has 1 saturated heterocycles. The van der Waals surface area contributed by atoms with E-state index in [2.05, 4.69) is 62.2 Å². The van der Waals surface area contributed by atoms with Crippen molar-refractivity contribution < 1.29 is 0 Å². The van der Waals surface area contributed by atoms with Crippen LogP contribution in [-0.2, 0) is 0 Å². The average molecular weight is 356 g/mol. The van der Waals surface area contributed by atoms with Crippen molar-refractivity contribution in [2.24, 2.45) is 0 Å². The molecule has 3 heterocycles. The Morgan fingerprint density at radius 2 is 1.59 bits per heavy atom. The molecule has 3 aromatic rings. The fourth-order valence-electron chi connectivity index (χ4n) is 3.21. The van der Waals surface area contributed by atoms with Gasteiger partial charge in [0.1, 0.15) is 11.8 Å². The van der Waals surface area contributed by atoms with E-state index in [1.54, 1.807) is 12.3 Å². The molecule has 0 atom stereocenters. The number of nitrogens with zero attached hydrogens (tertiary/aromatic N) is 6. The molecule has 0 radical (unpaired) electrons. The van der Waals surface area contributed by atoms with Crippen LogP contribution in [0.25, 0.3) is 11.3 Å². The van der Waals surface area contributed by atoms with Crippen LogP contribution in [0.2, 0.25) is 0 Å². The van der Waals surface area contributed by atoms with Crippen LogP contribution in [0.5, 0.6) is 0 Å². The molecule has 27 heavy (non-hydrogen) atoms. The number of pyridine rings is 1. The summed E-state index contributed by atoms with van der Waals surface area (Å²) in [5.41, 5.74) is 4.70. The van der Waals surface area contributed by atoms with Crippen molar-refractivity contribution in [3.05, 3.63) is 66.0 Å². The minimum Gasteiger partial charge on any atom is -0.367 e. The van der Waals surface area contributed by atoms with Gasteiger partial charge in [0.15, 0.2) is 5.82 Å². The molecule has 1 aliphatic rings. The first-order valence-electron chi connectivity index (χ1n) is 9.00. The molecule has 0 bridgehead atoms. The number of benzene rings is 1. The van der Waals surface area contributed by atoms with Crippen LogP contribution in [0.3, 0.4) is 0 Å². The number of hydrogen-bond donors (Lipinski definition) is 0. The third kappa shape index (κ3) is 3.72. The third-order valence-corrected chi connectivity index (χ3v) is 4.83. The highest BCUT2D eigenvalue weighted by Crippen LogP contribution is 2.21. The van der Waals surface area contributed by atoms with Gasteiger partial charge >= 0.3 is 0 Å². The first-order chi connectivity index (χ1) is 13.2. The molecular formula is C21H20N6. The molecule has 0 amide bonds. The van der Waals surface area contributed by atoms with Gasteiger partial charge in [-0.1, -0.05) is 29.8 Å². The van der Waals surface area contributed by atoms with E-state index >= 15 is 0 Å². The van der Waals surface area contributed by atoms with Gasteiger partial charge in [0.2, 0.25) is 0 Å². The third-order valence-electron chi connectivity index (χ3n) is 4.83. The summed E-state index contributed by atoms with van der Waals surface area (Å²) >= 11 is 0. The number of aromatic nitrogens is 3. The Labute approximate surface area is 158 Å². The highest BCUT2D eigenvalue weighted by Gasteiger charge is 2.19. The van der Waals surface area contributed by atoms with Gasteiger partial charge in [0, 0.05) is 31.7 Å². The fraction of sp³-hybridized carbons (Fsp3) is 0.238. The van der Waals surface area contributed by atoms with Gasteiger partial charge in [0.25, 0.3) is 0 Å². The zero-order valence-electron chi connectivity index (χ0n) is 15.2. The molecule has 4 rings (SSSR count). The predicted octanol–water partition coefficient (Wildman–Crippen LogP) is 3.05. The van der Waals surface area contributed by atoms with Crippen LogP contribution in [0.15, 0.2) is 54.7 Å². The normalized spacial score (nSPS) is 14.1. The average Bonchev–Trinajstić information content (AvgIpc) is 2.75. The Balaban J connectivity index is 1.40. The zero-order chi connectivity index (χ0) is 18.6. The minimum absolute atomic E-state index is 0.446. The van der Waals surface area contributed by atoms with Crippen LogP contribution in [-0.4, -0.2) is 41.4 Å². The predicted molar refractivity (Wildman–Crippen MR) is 106 cm³/mol. The van der Waals surface area contributed by atoms with E-state index in [0.717, 1.165) is 48.9 Å². The van der Waals surface area contributed by atoms with E-state index in [0.29, 0.717) is 5.69 Å². The molecule has 6 nitrogen and oxygen atoms in total. The van der Waals surface area contributed by atoms with Crippen molar-refractivity contribution in [3.63, 3.8) is 0 Å². The standard InChI is InChI=1S/C21H20N6/c1-16-2-4-17(5-3-16)20-8-9-21(25-24-20)27-12-10-26(11-13-27)19-7-6-18(14-22)23-15-19/h2-9,15H,10-13H2,1H3. The SMILES string of the molecule is Cc1ccc(-c2ccc(N3CCN(c4ccc(C#N)nc4)CC3)nn2)cc1. The van der Waals surface area contributed by atoms with Gasteiger partial charge in [-0.25, -0.2) is 4.98 Å². The molecule has 1 fully saturated rings. The highest BCUT2D eigenvalue weighted by molar-refractivity contribution is 5.60.